The molecule has 1 aliphatic heterocycles. The normalized spacial score (nSPS) is 17.6. The number of cyclic esters (lactones) is 1. The van der Waals surface area contributed by atoms with Crippen LogP contribution in [0.4, 0.5) is 0 Å². The maximum atomic E-state index is 11.2. The molecule has 0 bridgehead atoms. The lowest BCUT2D eigenvalue weighted by Gasteiger charge is -2.07. The fourth-order valence-corrected chi connectivity index (χ4v) is 2.78. The largest absolute Gasteiger partial charge is 0.469 e. The Labute approximate surface area is 134 Å². The fourth-order valence-electron chi connectivity index (χ4n) is 2.78. The number of ether oxygens (including phenoxy) is 2. The summed E-state index contributed by atoms with van der Waals surface area (Å²) in [5.41, 5.74) is 0.622. The van der Waals surface area contributed by atoms with Crippen LogP contribution in [0.2, 0.25) is 0 Å². The lowest BCUT2D eigenvalue weighted by Crippen LogP contribution is -2.06. The molecular formula is C18H30O4. The summed E-state index contributed by atoms with van der Waals surface area (Å²) in [6.07, 6.45) is 13.0. The maximum absolute atomic E-state index is 11.2. The quantitative estimate of drug-likeness (QED) is 0.306. The van der Waals surface area contributed by atoms with E-state index < -0.39 is 0 Å². The van der Waals surface area contributed by atoms with Crippen LogP contribution in [-0.4, -0.2) is 25.2 Å². The molecule has 1 rings (SSSR count). The number of hydrogen-bond donors (Lipinski definition) is 0. The van der Waals surface area contributed by atoms with Gasteiger partial charge in [-0.3, -0.25) is 4.79 Å². The second-order valence-electron chi connectivity index (χ2n) is 6.13. The van der Waals surface area contributed by atoms with E-state index in [1.807, 2.05) is 0 Å². The molecule has 0 amide bonds. The molecule has 0 saturated carbocycles. The summed E-state index contributed by atoms with van der Waals surface area (Å²) in [6, 6.07) is 0. The molecule has 1 fully saturated rings. The van der Waals surface area contributed by atoms with E-state index >= 15 is 0 Å². The van der Waals surface area contributed by atoms with Gasteiger partial charge in [-0.1, -0.05) is 51.5 Å². The Balaban J connectivity index is 1.79. The van der Waals surface area contributed by atoms with Crippen LogP contribution in [-0.2, 0) is 19.1 Å². The minimum Gasteiger partial charge on any atom is -0.469 e. The summed E-state index contributed by atoms with van der Waals surface area (Å²) < 4.78 is 9.82. The van der Waals surface area contributed by atoms with Gasteiger partial charge in [-0.05, 0) is 19.3 Å². The van der Waals surface area contributed by atoms with Crippen molar-refractivity contribution < 1.29 is 19.1 Å². The van der Waals surface area contributed by atoms with Gasteiger partial charge in [0, 0.05) is 18.4 Å². The van der Waals surface area contributed by atoms with E-state index in [0.29, 0.717) is 18.4 Å². The first-order chi connectivity index (χ1) is 10.6. The van der Waals surface area contributed by atoms with Gasteiger partial charge in [0.05, 0.1) is 7.11 Å². The van der Waals surface area contributed by atoms with E-state index in [4.69, 9.17) is 4.74 Å². The van der Waals surface area contributed by atoms with Crippen LogP contribution in [0.25, 0.3) is 0 Å². The molecule has 0 aliphatic carbocycles. The first-order valence-corrected chi connectivity index (χ1v) is 8.59. The molecule has 0 radical (unpaired) electrons. The third-order valence-electron chi connectivity index (χ3n) is 4.17. The van der Waals surface area contributed by atoms with Gasteiger partial charge < -0.3 is 9.47 Å². The summed E-state index contributed by atoms with van der Waals surface area (Å²) >= 11 is 0. The molecule has 1 unspecified atom stereocenters. The summed E-state index contributed by atoms with van der Waals surface area (Å²) in [5, 5.41) is 0. The molecule has 1 heterocycles. The van der Waals surface area contributed by atoms with Gasteiger partial charge in [0.15, 0.2) is 0 Å². The van der Waals surface area contributed by atoms with Crippen molar-refractivity contribution in [1.29, 1.82) is 0 Å². The molecule has 22 heavy (non-hydrogen) atoms. The third-order valence-corrected chi connectivity index (χ3v) is 4.17. The number of carbonyl (C=O) groups excluding carboxylic acids is 2. The lowest BCUT2D eigenvalue weighted by molar-refractivity contribution is -0.141. The SMILES string of the molecule is C=C1CC(CCCCCCCCCCCC(=O)OC)OC1=O. The number of hydrogen-bond acceptors (Lipinski definition) is 4. The molecule has 0 aromatic rings. The fraction of sp³-hybridized carbons (Fsp3) is 0.778. The number of carbonyl (C=O) groups is 2. The molecule has 0 spiro atoms. The van der Waals surface area contributed by atoms with Crippen LogP contribution in [0.5, 0.6) is 0 Å². The average Bonchev–Trinajstić information content (AvgIpc) is 2.83. The molecule has 4 nitrogen and oxygen atoms in total. The average molecular weight is 310 g/mol. The first kappa shape index (κ1) is 18.7. The van der Waals surface area contributed by atoms with Crippen LogP contribution in [0.3, 0.4) is 0 Å². The lowest BCUT2D eigenvalue weighted by atomic mass is 10.0. The van der Waals surface area contributed by atoms with Gasteiger partial charge in [-0.2, -0.15) is 0 Å². The highest BCUT2D eigenvalue weighted by molar-refractivity contribution is 5.89. The molecule has 0 aromatic heterocycles. The zero-order chi connectivity index (χ0) is 16.2. The smallest absolute Gasteiger partial charge is 0.333 e. The highest BCUT2D eigenvalue weighted by atomic mass is 16.5. The van der Waals surface area contributed by atoms with E-state index in [-0.39, 0.29) is 18.0 Å². The zero-order valence-corrected chi connectivity index (χ0v) is 13.9. The van der Waals surface area contributed by atoms with Gasteiger partial charge in [-0.15, -0.1) is 0 Å². The van der Waals surface area contributed by atoms with Crippen molar-refractivity contribution in [3.05, 3.63) is 12.2 Å². The number of rotatable bonds is 12. The van der Waals surface area contributed by atoms with Crippen molar-refractivity contribution in [2.75, 3.05) is 7.11 Å². The van der Waals surface area contributed by atoms with Crippen molar-refractivity contribution in [3.8, 4) is 0 Å². The Bertz CT molecular complexity index is 346. The van der Waals surface area contributed by atoms with Crippen molar-refractivity contribution in [2.45, 2.75) is 83.2 Å². The van der Waals surface area contributed by atoms with Crippen LogP contribution < -0.4 is 0 Å². The van der Waals surface area contributed by atoms with Gasteiger partial charge >= 0.3 is 11.9 Å². The molecule has 1 aliphatic rings. The second-order valence-corrected chi connectivity index (χ2v) is 6.13. The summed E-state index contributed by atoms with van der Waals surface area (Å²) in [6.45, 7) is 3.70. The summed E-state index contributed by atoms with van der Waals surface area (Å²) in [7, 11) is 1.44. The van der Waals surface area contributed by atoms with Gasteiger partial charge in [0.2, 0.25) is 0 Å². The van der Waals surface area contributed by atoms with Crippen molar-refractivity contribution in [1.82, 2.24) is 0 Å². The first-order valence-electron chi connectivity index (χ1n) is 8.59. The predicted molar refractivity (Wildman–Crippen MR) is 86.4 cm³/mol. The molecule has 1 atom stereocenters. The molecule has 0 aromatic carbocycles. The molecule has 4 heteroatoms. The molecular weight excluding hydrogens is 280 g/mol. The minimum atomic E-state index is -0.211. The maximum Gasteiger partial charge on any atom is 0.333 e. The molecule has 126 valence electrons. The van der Waals surface area contributed by atoms with Crippen molar-refractivity contribution in [3.63, 3.8) is 0 Å². The summed E-state index contributed by atoms with van der Waals surface area (Å²) in [4.78, 5) is 22.1. The van der Waals surface area contributed by atoms with E-state index in [9.17, 15) is 9.59 Å². The van der Waals surface area contributed by atoms with E-state index in [1.54, 1.807) is 0 Å². The second kappa shape index (κ2) is 11.3. The molecule has 0 N–H and O–H groups in total. The minimum absolute atomic E-state index is 0.0785. The van der Waals surface area contributed by atoms with E-state index in [0.717, 1.165) is 25.7 Å². The third kappa shape index (κ3) is 8.20. The Morgan fingerprint density at radius 1 is 1.09 bits per heavy atom. The van der Waals surface area contributed by atoms with Crippen molar-refractivity contribution >= 4 is 11.9 Å². The molecule has 1 saturated heterocycles. The Morgan fingerprint density at radius 2 is 1.64 bits per heavy atom. The van der Waals surface area contributed by atoms with Crippen LogP contribution in [0.15, 0.2) is 12.2 Å². The number of esters is 2. The van der Waals surface area contributed by atoms with Crippen molar-refractivity contribution in [2.24, 2.45) is 0 Å². The monoisotopic (exact) mass is 310 g/mol. The van der Waals surface area contributed by atoms with Crippen LogP contribution in [0.1, 0.15) is 77.0 Å². The number of unbranched alkanes of at least 4 members (excludes halogenated alkanes) is 8. The zero-order valence-electron chi connectivity index (χ0n) is 13.9. The number of methoxy groups -OCH3 is 1. The van der Waals surface area contributed by atoms with E-state index in [1.165, 1.54) is 45.6 Å². The topological polar surface area (TPSA) is 52.6 Å². The highest BCUT2D eigenvalue weighted by Gasteiger charge is 2.26. The summed E-state index contributed by atoms with van der Waals surface area (Å²) in [5.74, 6) is -0.311. The van der Waals surface area contributed by atoms with Crippen LogP contribution in [0, 0.1) is 0 Å². The van der Waals surface area contributed by atoms with Gasteiger partial charge in [0.1, 0.15) is 6.10 Å². The predicted octanol–water partition coefficient (Wildman–Crippen LogP) is 4.32. The van der Waals surface area contributed by atoms with Gasteiger partial charge in [0.25, 0.3) is 0 Å². The standard InChI is InChI=1S/C18H30O4/c1-15-14-16(22-18(15)20)12-10-8-6-4-3-5-7-9-11-13-17(19)21-2/h16H,1,3-14H2,2H3. The Morgan fingerprint density at radius 3 is 2.14 bits per heavy atom. The highest BCUT2D eigenvalue weighted by Crippen LogP contribution is 2.23. The Kier molecular flexibility index (Phi) is 9.60. The van der Waals surface area contributed by atoms with E-state index in [2.05, 4.69) is 11.3 Å². The van der Waals surface area contributed by atoms with Crippen LogP contribution >= 0.6 is 0 Å². The van der Waals surface area contributed by atoms with Gasteiger partial charge in [-0.25, -0.2) is 4.79 Å². The Hall–Kier alpha value is -1.32.